The quantitative estimate of drug-likeness (QED) is 0.857. The van der Waals surface area contributed by atoms with Crippen molar-refractivity contribution in [2.24, 2.45) is 0 Å². The lowest BCUT2D eigenvalue weighted by molar-refractivity contribution is 0.0744. The van der Waals surface area contributed by atoms with E-state index in [-0.39, 0.29) is 5.56 Å². The van der Waals surface area contributed by atoms with Gasteiger partial charge >= 0.3 is 5.76 Å². The number of benzene rings is 2. The zero-order valence-electron chi connectivity index (χ0n) is 11.2. The number of halogens is 2. The Hall–Kier alpha value is -2.12. The summed E-state index contributed by atoms with van der Waals surface area (Å²) in [7, 11) is -4.93. The summed E-state index contributed by atoms with van der Waals surface area (Å²) in [5.41, 5.74) is -0.212. The molecule has 0 saturated heterocycles. The molecule has 2 rings (SSSR count). The van der Waals surface area contributed by atoms with Gasteiger partial charge in [-0.25, -0.2) is 8.42 Å². The van der Waals surface area contributed by atoms with E-state index in [1.54, 1.807) is 18.2 Å². The average Bonchev–Trinajstić information content (AvgIpc) is 2.54. The molecule has 4 nitrogen and oxygen atoms in total. The first kappa shape index (κ1) is 16.3. The maximum absolute atomic E-state index is 12.7. The second-order valence-corrected chi connectivity index (χ2v) is 6.37. The normalized spacial score (nSPS) is 13.1. The van der Waals surface area contributed by atoms with Crippen molar-refractivity contribution >= 4 is 15.6 Å². The van der Waals surface area contributed by atoms with Crippen LogP contribution in [-0.4, -0.2) is 25.1 Å². The fourth-order valence-corrected chi connectivity index (χ4v) is 2.88. The molecule has 2 aromatic rings. The number of carbonyl (C=O) groups is 1. The average molecular weight is 326 g/mol. The molecule has 0 aliphatic rings. The van der Waals surface area contributed by atoms with Gasteiger partial charge in [0, 0.05) is 5.56 Å². The van der Waals surface area contributed by atoms with Gasteiger partial charge in [-0.05, 0) is 17.7 Å². The van der Waals surface area contributed by atoms with Crippen molar-refractivity contribution in [1.29, 1.82) is 0 Å². The van der Waals surface area contributed by atoms with Gasteiger partial charge in [-0.2, -0.15) is 8.78 Å². The van der Waals surface area contributed by atoms with Crippen LogP contribution in [0.1, 0.15) is 22.0 Å². The number of alkyl halides is 2. The topological polar surface area (TPSA) is 71.4 Å². The van der Waals surface area contributed by atoms with Crippen molar-refractivity contribution in [3.63, 3.8) is 0 Å². The third-order valence-electron chi connectivity index (χ3n) is 3.06. The fraction of sp³-hybridized carbons (Fsp3) is 0.133. The van der Waals surface area contributed by atoms with Crippen LogP contribution in [0.3, 0.4) is 0 Å². The molecule has 0 bridgehead atoms. The molecular weight excluding hydrogens is 314 g/mol. The molecule has 0 spiro atoms. The Kier molecular flexibility index (Phi) is 4.68. The molecule has 2 aromatic carbocycles. The SMILES string of the molecule is O=C(c1ccccc1S(=O)(=O)C(F)F)C(O)c1ccccc1. The molecule has 1 atom stereocenters. The second kappa shape index (κ2) is 6.33. The molecule has 0 amide bonds. The Balaban J connectivity index is 2.48. The first-order valence-electron chi connectivity index (χ1n) is 6.24. The standard InChI is InChI=1S/C15H12F2O4S/c16-15(17)22(20,21)12-9-5-4-8-11(12)14(19)13(18)10-6-2-1-3-7-10/h1-9,13,15,18H. The minimum atomic E-state index is -4.93. The highest BCUT2D eigenvalue weighted by Crippen LogP contribution is 2.26. The van der Waals surface area contributed by atoms with E-state index in [1.807, 2.05) is 0 Å². The van der Waals surface area contributed by atoms with E-state index in [9.17, 15) is 27.1 Å². The number of rotatable bonds is 5. The van der Waals surface area contributed by atoms with Gasteiger partial charge in [0.15, 0.2) is 5.78 Å². The molecule has 0 aliphatic carbocycles. The molecular formula is C15H12F2O4S. The third-order valence-corrected chi connectivity index (χ3v) is 4.50. The molecule has 0 heterocycles. The van der Waals surface area contributed by atoms with Crippen LogP contribution in [0, 0.1) is 0 Å². The molecule has 1 unspecified atom stereocenters. The van der Waals surface area contributed by atoms with E-state index in [0.29, 0.717) is 0 Å². The van der Waals surface area contributed by atoms with Gasteiger partial charge in [0.2, 0.25) is 9.84 Å². The van der Waals surface area contributed by atoms with Gasteiger partial charge < -0.3 is 5.11 Å². The minimum Gasteiger partial charge on any atom is -0.380 e. The lowest BCUT2D eigenvalue weighted by atomic mass is 10.00. The van der Waals surface area contributed by atoms with Crippen LogP contribution in [0.4, 0.5) is 8.78 Å². The molecule has 0 radical (unpaired) electrons. The molecule has 0 aromatic heterocycles. The summed E-state index contributed by atoms with van der Waals surface area (Å²) in [6, 6.07) is 12.4. The van der Waals surface area contributed by atoms with Gasteiger partial charge in [-0.1, -0.05) is 42.5 Å². The number of ketones is 1. The Morgan fingerprint density at radius 2 is 1.50 bits per heavy atom. The van der Waals surface area contributed by atoms with Crippen molar-refractivity contribution in [3.05, 3.63) is 65.7 Å². The summed E-state index contributed by atoms with van der Waals surface area (Å²) >= 11 is 0. The Bertz CT molecular complexity index is 773. The Labute approximate surface area is 125 Å². The van der Waals surface area contributed by atoms with Crippen molar-refractivity contribution in [2.75, 3.05) is 0 Å². The summed E-state index contributed by atoms with van der Waals surface area (Å²) in [6.45, 7) is 0. The van der Waals surface area contributed by atoms with E-state index in [2.05, 4.69) is 0 Å². The van der Waals surface area contributed by atoms with Crippen LogP contribution >= 0.6 is 0 Å². The maximum Gasteiger partial charge on any atom is 0.341 e. The molecule has 0 saturated carbocycles. The highest BCUT2D eigenvalue weighted by Gasteiger charge is 2.32. The molecule has 0 aliphatic heterocycles. The third kappa shape index (κ3) is 3.05. The first-order valence-corrected chi connectivity index (χ1v) is 7.78. The van der Waals surface area contributed by atoms with Crippen molar-refractivity contribution < 1.29 is 27.1 Å². The number of carbonyl (C=O) groups excluding carboxylic acids is 1. The molecule has 22 heavy (non-hydrogen) atoms. The summed E-state index contributed by atoms with van der Waals surface area (Å²) in [4.78, 5) is 11.5. The number of aliphatic hydroxyl groups excluding tert-OH is 1. The lowest BCUT2D eigenvalue weighted by Gasteiger charge is -2.13. The minimum absolute atomic E-state index is 0.247. The molecule has 1 N–H and O–H groups in total. The lowest BCUT2D eigenvalue weighted by Crippen LogP contribution is -2.19. The van der Waals surface area contributed by atoms with Gasteiger partial charge in [0.1, 0.15) is 6.10 Å². The van der Waals surface area contributed by atoms with Gasteiger partial charge in [0.25, 0.3) is 0 Å². The highest BCUT2D eigenvalue weighted by atomic mass is 32.2. The van der Waals surface area contributed by atoms with Crippen molar-refractivity contribution in [3.8, 4) is 0 Å². The summed E-state index contributed by atoms with van der Waals surface area (Å²) in [6.07, 6.45) is -1.63. The maximum atomic E-state index is 12.7. The van der Waals surface area contributed by atoms with Crippen LogP contribution < -0.4 is 0 Å². The number of hydrogen-bond acceptors (Lipinski definition) is 4. The van der Waals surface area contributed by atoms with Crippen LogP contribution in [0.15, 0.2) is 59.5 Å². The van der Waals surface area contributed by atoms with Crippen LogP contribution in [0.5, 0.6) is 0 Å². The first-order chi connectivity index (χ1) is 10.4. The molecule has 0 fully saturated rings. The van der Waals surface area contributed by atoms with Crippen LogP contribution in [0.2, 0.25) is 0 Å². The van der Waals surface area contributed by atoms with E-state index in [4.69, 9.17) is 0 Å². The monoisotopic (exact) mass is 326 g/mol. The van der Waals surface area contributed by atoms with Gasteiger partial charge in [-0.3, -0.25) is 4.79 Å². The zero-order valence-corrected chi connectivity index (χ0v) is 12.0. The zero-order chi connectivity index (χ0) is 16.3. The fourth-order valence-electron chi connectivity index (χ4n) is 1.95. The van der Waals surface area contributed by atoms with Gasteiger partial charge in [-0.15, -0.1) is 0 Å². The second-order valence-electron chi connectivity index (χ2n) is 4.48. The van der Waals surface area contributed by atoms with E-state index >= 15 is 0 Å². The van der Waals surface area contributed by atoms with Crippen LogP contribution in [0.25, 0.3) is 0 Å². The predicted octanol–water partition coefficient (Wildman–Crippen LogP) is 2.60. The summed E-state index contributed by atoms with van der Waals surface area (Å²) in [5, 5.41) is 10.0. The van der Waals surface area contributed by atoms with Crippen LogP contribution in [-0.2, 0) is 9.84 Å². The largest absolute Gasteiger partial charge is 0.380 e. The Morgan fingerprint density at radius 1 is 0.955 bits per heavy atom. The van der Waals surface area contributed by atoms with E-state index in [0.717, 1.165) is 12.1 Å². The summed E-state index contributed by atoms with van der Waals surface area (Å²) < 4.78 is 48.7. The molecule has 116 valence electrons. The smallest absolute Gasteiger partial charge is 0.341 e. The van der Waals surface area contributed by atoms with E-state index < -0.39 is 37.9 Å². The Morgan fingerprint density at radius 3 is 2.09 bits per heavy atom. The number of hydrogen-bond donors (Lipinski definition) is 1. The number of aliphatic hydroxyl groups is 1. The van der Waals surface area contributed by atoms with Crippen molar-refractivity contribution in [1.82, 2.24) is 0 Å². The predicted molar refractivity (Wildman–Crippen MR) is 75.4 cm³/mol. The van der Waals surface area contributed by atoms with E-state index in [1.165, 1.54) is 24.3 Å². The van der Waals surface area contributed by atoms with Crippen molar-refractivity contribution in [2.45, 2.75) is 16.8 Å². The molecule has 7 heteroatoms. The number of Topliss-reactive ketones (excluding diaryl/α,β-unsaturated/α-hetero) is 1. The number of sulfone groups is 1. The summed E-state index contributed by atoms with van der Waals surface area (Å²) in [5.74, 6) is -4.60. The highest BCUT2D eigenvalue weighted by molar-refractivity contribution is 7.91. The van der Waals surface area contributed by atoms with Gasteiger partial charge in [0.05, 0.1) is 4.90 Å².